The van der Waals surface area contributed by atoms with E-state index in [1.807, 2.05) is 0 Å². The molecule has 0 aliphatic carbocycles. The number of hydrogen-bond acceptors (Lipinski definition) is 4. The lowest BCUT2D eigenvalue weighted by molar-refractivity contribution is 0.0975. The van der Waals surface area contributed by atoms with Crippen LogP contribution in [0.5, 0.6) is 0 Å². The van der Waals surface area contributed by atoms with E-state index in [9.17, 15) is 13.2 Å². The Bertz CT molecular complexity index is 1470. The predicted octanol–water partition coefficient (Wildman–Crippen LogP) is 6.07. The first-order chi connectivity index (χ1) is 16.1. The average molecular weight is 535 g/mol. The van der Waals surface area contributed by atoms with E-state index in [2.05, 4.69) is 9.82 Å². The Morgan fingerprint density at radius 1 is 0.941 bits per heavy atom. The van der Waals surface area contributed by atoms with Crippen LogP contribution in [0.25, 0.3) is 16.9 Å². The largest absolute Gasteiger partial charge is 0.285 e. The van der Waals surface area contributed by atoms with E-state index in [0.29, 0.717) is 43.1 Å². The number of nitrogens with one attached hydrogen (secondary N) is 1. The summed E-state index contributed by atoms with van der Waals surface area (Å²) < 4.78 is 28.9. The maximum absolute atomic E-state index is 13.1. The molecule has 3 aromatic carbocycles. The minimum absolute atomic E-state index is 0.0485. The van der Waals surface area contributed by atoms with E-state index in [1.54, 1.807) is 79.7 Å². The number of rotatable bonds is 6. The highest BCUT2D eigenvalue weighted by Crippen LogP contribution is 2.33. The van der Waals surface area contributed by atoms with E-state index in [0.717, 1.165) is 0 Å². The Hall–Kier alpha value is -2.84. The zero-order valence-electron chi connectivity index (χ0n) is 17.8. The molecule has 0 aliphatic heterocycles. The first kappa shape index (κ1) is 24.3. The summed E-state index contributed by atoms with van der Waals surface area (Å²) >= 11 is 18.5. The molecule has 0 fully saturated rings. The van der Waals surface area contributed by atoms with Gasteiger partial charge in [0.1, 0.15) is 0 Å². The van der Waals surface area contributed by atoms with Crippen molar-refractivity contribution < 1.29 is 13.2 Å². The van der Waals surface area contributed by atoms with Crippen LogP contribution in [0, 0.1) is 6.92 Å². The van der Waals surface area contributed by atoms with Gasteiger partial charge in [-0.3, -0.25) is 4.79 Å². The molecule has 1 N–H and O–H groups in total. The Balaban J connectivity index is 1.77. The van der Waals surface area contributed by atoms with Gasteiger partial charge in [0.05, 0.1) is 22.2 Å². The molecule has 1 aromatic heterocycles. The van der Waals surface area contributed by atoms with Gasteiger partial charge in [-0.15, -0.1) is 0 Å². The number of carbonyl (C=O) groups is 1. The van der Waals surface area contributed by atoms with E-state index in [1.165, 1.54) is 4.68 Å². The van der Waals surface area contributed by atoms with Crippen molar-refractivity contribution in [2.45, 2.75) is 12.7 Å². The zero-order valence-corrected chi connectivity index (χ0v) is 20.9. The van der Waals surface area contributed by atoms with Gasteiger partial charge in [-0.05, 0) is 42.8 Å². The standard InChI is InChI=1S/C24H18Cl3N3O3S/c1-15-22(24(31)29-34(32,33)14-16-5-3-2-4-6-16)28-30(21-12-11-19(26)13-20(21)27)23(15)17-7-9-18(25)10-8-17/h2-13H,14H2,1H3,(H,29,31). The van der Waals surface area contributed by atoms with Crippen molar-refractivity contribution in [2.24, 2.45) is 0 Å². The summed E-state index contributed by atoms with van der Waals surface area (Å²) in [4.78, 5) is 13.1. The number of halogens is 3. The third-order valence-corrected chi connectivity index (χ3v) is 7.04. The Morgan fingerprint density at radius 2 is 1.59 bits per heavy atom. The fraction of sp³-hybridized carbons (Fsp3) is 0.0833. The van der Waals surface area contributed by atoms with Gasteiger partial charge in [0.15, 0.2) is 5.69 Å². The minimum atomic E-state index is -3.96. The van der Waals surface area contributed by atoms with Crippen LogP contribution in [0.4, 0.5) is 0 Å². The molecule has 1 heterocycles. The van der Waals surface area contributed by atoms with Gasteiger partial charge in [0.25, 0.3) is 5.91 Å². The van der Waals surface area contributed by atoms with Crippen molar-refractivity contribution in [3.05, 3.63) is 105 Å². The lowest BCUT2D eigenvalue weighted by atomic mass is 10.1. The van der Waals surface area contributed by atoms with Gasteiger partial charge < -0.3 is 0 Å². The number of nitrogens with zero attached hydrogens (tertiary/aromatic N) is 2. The molecule has 0 unspecified atom stereocenters. The van der Waals surface area contributed by atoms with Crippen molar-refractivity contribution in [3.8, 4) is 16.9 Å². The third-order valence-electron chi connectivity index (χ3n) is 5.04. The Labute approximate surface area is 212 Å². The monoisotopic (exact) mass is 533 g/mol. The molecule has 1 amide bonds. The molecule has 0 saturated heterocycles. The molecule has 10 heteroatoms. The summed E-state index contributed by atoms with van der Waals surface area (Å²) in [6, 6.07) is 20.4. The molecule has 0 saturated carbocycles. The zero-order chi connectivity index (χ0) is 24.5. The SMILES string of the molecule is Cc1c(C(=O)NS(=O)(=O)Cc2ccccc2)nn(-c2ccc(Cl)cc2Cl)c1-c1ccc(Cl)cc1. The molecule has 0 radical (unpaired) electrons. The summed E-state index contributed by atoms with van der Waals surface area (Å²) in [5.41, 5.74) is 2.73. The van der Waals surface area contributed by atoms with Gasteiger partial charge in [-0.2, -0.15) is 5.10 Å². The molecule has 34 heavy (non-hydrogen) atoms. The molecule has 0 spiro atoms. The van der Waals surface area contributed by atoms with Crippen LogP contribution in [-0.2, 0) is 15.8 Å². The highest BCUT2D eigenvalue weighted by Gasteiger charge is 2.26. The minimum Gasteiger partial charge on any atom is -0.266 e. The first-order valence-corrected chi connectivity index (χ1v) is 12.8. The highest BCUT2D eigenvalue weighted by atomic mass is 35.5. The summed E-state index contributed by atoms with van der Waals surface area (Å²) in [5.74, 6) is -1.18. The van der Waals surface area contributed by atoms with Gasteiger partial charge in [-0.1, -0.05) is 77.3 Å². The predicted molar refractivity (Wildman–Crippen MR) is 135 cm³/mol. The normalized spacial score (nSPS) is 11.4. The van der Waals surface area contributed by atoms with Gasteiger partial charge in [0, 0.05) is 21.2 Å². The average Bonchev–Trinajstić information content (AvgIpc) is 3.11. The molecular formula is C24H18Cl3N3O3S. The quantitative estimate of drug-likeness (QED) is 0.326. The van der Waals surface area contributed by atoms with Crippen LogP contribution >= 0.6 is 34.8 Å². The second-order valence-electron chi connectivity index (χ2n) is 7.51. The van der Waals surface area contributed by atoms with E-state index >= 15 is 0 Å². The first-order valence-electron chi connectivity index (χ1n) is 10.0. The van der Waals surface area contributed by atoms with Crippen molar-refractivity contribution in [1.29, 1.82) is 0 Å². The Kier molecular flexibility index (Phi) is 7.00. The third kappa shape index (κ3) is 5.28. The maximum atomic E-state index is 13.1. The fourth-order valence-corrected chi connectivity index (χ4v) is 5.20. The van der Waals surface area contributed by atoms with Gasteiger partial charge in [0.2, 0.25) is 10.0 Å². The number of hydrogen-bond donors (Lipinski definition) is 1. The van der Waals surface area contributed by atoms with E-state index in [-0.39, 0.29) is 11.4 Å². The number of benzene rings is 3. The van der Waals surface area contributed by atoms with E-state index in [4.69, 9.17) is 34.8 Å². The molecule has 0 atom stereocenters. The van der Waals surface area contributed by atoms with Crippen LogP contribution in [-0.4, -0.2) is 24.1 Å². The number of carbonyl (C=O) groups excluding carboxylic acids is 1. The fourth-order valence-electron chi connectivity index (χ4n) is 3.50. The molecule has 0 aliphatic rings. The topological polar surface area (TPSA) is 81.1 Å². The molecule has 4 aromatic rings. The van der Waals surface area contributed by atoms with Crippen molar-refractivity contribution in [2.75, 3.05) is 0 Å². The van der Waals surface area contributed by atoms with Gasteiger partial charge >= 0.3 is 0 Å². The number of sulfonamides is 1. The van der Waals surface area contributed by atoms with Crippen LogP contribution in [0.3, 0.4) is 0 Å². The summed E-state index contributed by atoms with van der Waals surface area (Å²) in [5, 5.41) is 5.74. The molecule has 6 nitrogen and oxygen atoms in total. The van der Waals surface area contributed by atoms with E-state index < -0.39 is 15.9 Å². The van der Waals surface area contributed by atoms with Crippen LogP contribution in [0.15, 0.2) is 72.8 Å². The number of aromatic nitrogens is 2. The smallest absolute Gasteiger partial charge is 0.266 e. The van der Waals surface area contributed by atoms with Crippen molar-refractivity contribution >= 4 is 50.7 Å². The van der Waals surface area contributed by atoms with Crippen molar-refractivity contribution in [3.63, 3.8) is 0 Å². The van der Waals surface area contributed by atoms with Crippen molar-refractivity contribution in [1.82, 2.24) is 14.5 Å². The second-order valence-corrected chi connectivity index (χ2v) is 10.5. The molecule has 4 rings (SSSR count). The molecule has 0 bridgehead atoms. The molecular weight excluding hydrogens is 517 g/mol. The maximum Gasteiger partial charge on any atom is 0.285 e. The van der Waals surface area contributed by atoms with Gasteiger partial charge in [-0.25, -0.2) is 17.8 Å². The lowest BCUT2D eigenvalue weighted by Crippen LogP contribution is -2.32. The number of amides is 1. The van der Waals surface area contributed by atoms with Crippen LogP contribution in [0.1, 0.15) is 21.6 Å². The second kappa shape index (κ2) is 9.80. The Morgan fingerprint density at radius 3 is 2.24 bits per heavy atom. The molecule has 174 valence electrons. The van der Waals surface area contributed by atoms with Crippen LogP contribution in [0.2, 0.25) is 15.1 Å². The highest BCUT2D eigenvalue weighted by molar-refractivity contribution is 7.89. The summed E-state index contributed by atoms with van der Waals surface area (Å²) in [6.07, 6.45) is 0. The lowest BCUT2D eigenvalue weighted by Gasteiger charge is -2.11. The summed E-state index contributed by atoms with van der Waals surface area (Å²) in [6.45, 7) is 1.69. The van der Waals surface area contributed by atoms with Crippen LogP contribution < -0.4 is 4.72 Å². The summed E-state index contributed by atoms with van der Waals surface area (Å²) in [7, 11) is -3.96.